The minimum Gasteiger partial charge on any atom is -0.451 e. The Bertz CT molecular complexity index is 389. The van der Waals surface area contributed by atoms with E-state index in [4.69, 9.17) is 10.2 Å². The summed E-state index contributed by atoms with van der Waals surface area (Å²) in [4.78, 5) is 4.68. The Kier molecular flexibility index (Phi) is 4.88. The van der Waals surface area contributed by atoms with Gasteiger partial charge in [0, 0.05) is 25.7 Å². The highest BCUT2D eigenvalue weighted by atomic mass is 79.9. The van der Waals surface area contributed by atoms with Gasteiger partial charge in [-0.25, -0.2) is 0 Å². The topological polar surface area (TPSA) is 45.6 Å². The van der Waals surface area contributed by atoms with Gasteiger partial charge in [0.1, 0.15) is 5.76 Å². The molecule has 6 heteroatoms. The quantitative estimate of drug-likeness (QED) is 0.871. The zero-order valence-corrected chi connectivity index (χ0v) is 13.9. The fourth-order valence-corrected chi connectivity index (χ4v) is 3.05. The number of likely N-dealkylation sites (N-methyl/N-ethyl adjacent to an activating group) is 1. The highest BCUT2D eigenvalue weighted by Crippen LogP contribution is 2.33. The first-order valence-corrected chi connectivity index (χ1v) is 7.66. The van der Waals surface area contributed by atoms with Crippen molar-refractivity contribution in [1.29, 1.82) is 0 Å². The van der Waals surface area contributed by atoms with E-state index in [1.54, 1.807) is 0 Å². The number of hydrogen-bond acceptors (Lipinski definition) is 4. The molecule has 2 heterocycles. The lowest BCUT2D eigenvalue weighted by Gasteiger charge is -2.26. The molecule has 1 aliphatic heterocycles. The molecule has 0 aromatic carbocycles. The van der Waals surface area contributed by atoms with Crippen LogP contribution in [0.1, 0.15) is 18.2 Å². The molecule has 0 bridgehead atoms. The van der Waals surface area contributed by atoms with Crippen LogP contribution in [0.5, 0.6) is 0 Å². The predicted octanol–water partition coefficient (Wildman–Crippen LogP) is 2.44. The van der Waals surface area contributed by atoms with Gasteiger partial charge < -0.3 is 15.1 Å². The summed E-state index contributed by atoms with van der Waals surface area (Å²) in [6, 6.07) is 2.78. The average Bonchev–Trinajstić information content (AvgIpc) is 2.89. The van der Waals surface area contributed by atoms with Crippen molar-refractivity contribution in [2.75, 3.05) is 33.7 Å². The molecule has 0 amide bonds. The normalized spacial score (nSPS) is 22.9. The van der Waals surface area contributed by atoms with Crippen molar-refractivity contribution in [3.63, 3.8) is 0 Å². The maximum Gasteiger partial charge on any atom is 0.183 e. The number of furan rings is 1. The summed E-state index contributed by atoms with van der Waals surface area (Å²) in [5, 5.41) is 0. The zero-order chi connectivity index (χ0) is 13.3. The molecular weight excluding hydrogens is 362 g/mol. The highest BCUT2D eigenvalue weighted by Gasteiger charge is 2.31. The monoisotopic (exact) mass is 379 g/mol. The summed E-state index contributed by atoms with van der Waals surface area (Å²) < 4.78 is 7.39. The standard InChI is InChI=1S/C12H19Br2N3O/c1-16(2)8-3-4-17(7-8)10(6-15)11-5-9(13)12(14)18-11/h5,8,10H,3-4,6-7,15H2,1-2H3. The first-order chi connectivity index (χ1) is 8.52. The minimum absolute atomic E-state index is 0.164. The summed E-state index contributed by atoms with van der Waals surface area (Å²) >= 11 is 6.83. The number of nitrogens with two attached hydrogens (primary N) is 1. The fourth-order valence-electron chi connectivity index (χ4n) is 2.45. The van der Waals surface area contributed by atoms with Crippen LogP contribution in [0.2, 0.25) is 0 Å². The molecular formula is C12H19Br2N3O. The maximum atomic E-state index is 5.92. The Labute approximate surface area is 125 Å². The van der Waals surface area contributed by atoms with Crippen molar-refractivity contribution in [3.05, 3.63) is 21.0 Å². The number of nitrogens with zero attached hydrogens (tertiary/aromatic N) is 2. The third-order valence-electron chi connectivity index (χ3n) is 3.58. The molecule has 18 heavy (non-hydrogen) atoms. The van der Waals surface area contributed by atoms with Crippen LogP contribution in [0.15, 0.2) is 19.6 Å². The van der Waals surface area contributed by atoms with Crippen molar-refractivity contribution in [1.82, 2.24) is 9.80 Å². The van der Waals surface area contributed by atoms with Crippen LogP contribution in [0.3, 0.4) is 0 Å². The van der Waals surface area contributed by atoms with Crippen molar-refractivity contribution in [2.45, 2.75) is 18.5 Å². The number of halogens is 2. The Hall–Kier alpha value is 0.120. The number of likely N-dealkylation sites (tertiary alicyclic amines) is 1. The van der Waals surface area contributed by atoms with E-state index in [1.807, 2.05) is 6.07 Å². The van der Waals surface area contributed by atoms with Crippen LogP contribution < -0.4 is 5.73 Å². The van der Waals surface area contributed by atoms with Gasteiger partial charge in [0.2, 0.25) is 0 Å². The Morgan fingerprint density at radius 3 is 2.72 bits per heavy atom. The van der Waals surface area contributed by atoms with Gasteiger partial charge >= 0.3 is 0 Å². The first kappa shape index (κ1) is 14.5. The molecule has 1 fully saturated rings. The van der Waals surface area contributed by atoms with E-state index in [0.29, 0.717) is 12.6 Å². The average molecular weight is 381 g/mol. The number of hydrogen-bond donors (Lipinski definition) is 1. The Morgan fingerprint density at radius 2 is 2.28 bits per heavy atom. The van der Waals surface area contributed by atoms with Crippen LogP contribution in [0, 0.1) is 0 Å². The predicted molar refractivity (Wildman–Crippen MR) is 79.6 cm³/mol. The molecule has 2 atom stereocenters. The van der Waals surface area contributed by atoms with E-state index in [1.165, 1.54) is 6.42 Å². The van der Waals surface area contributed by atoms with Gasteiger partial charge in [-0.3, -0.25) is 4.90 Å². The molecule has 102 valence electrons. The fraction of sp³-hybridized carbons (Fsp3) is 0.667. The van der Waals surface area contributed by atoms with Crippen LogP contribution in [-0.4, -0.2) is 49.6 Å². The molecule has 1 saturated heterocycles. The number of rotatable bonds is 4. The van der Waals surface area contributed by atoms with Crippen LogP contribution in [0.4, 0.5) is 0 Å². The SMILES string of the molecule is CN(C)C1CCN(C(CN)c2cc(Br)c(Br)o2)C1. The van der Waals surface area contributed by atoms with Gasteiger partial charge in [-0.1, -0.05) is 0 Å². The van der Waals surface area contributed by atoms with E-state index in [9.17, 15) is 0 Å². The molecule has 0 saturated carbocycles. The van der Waals surface area contributed by atoms with E-state index in [-0.39, 0.29) is 6.04 Å². The summed E-state index contributed by atoms with van der Waals surface area (Å²) in [7, 11) is 4.26. The molecule has 1 aromatic rings. The lowest BCUT2D eigenvalue weighted by Crippen LogP contribution is -2.35. The van der Waals surface area contributed by atoms with Gasteiger partial charge in [-0.15, -0.1) is 0 Å². The minimum atomic E-state index is 0.164. The van der Waals surface area contributed by atoms with Crippen molar-refractivity contribution >= 4 is 31.9 Å². The second kappa shape index (κ2) is 6.05. The molecule has 1 aromatic heterocycles. The zero-order valence-electron chi connectivity index (χ0n) is 10.7. The van der Waals surface area contributed by atoms with Crippen LogP contribution in [-0.2, 0) is 0 Å². The summed E-state index contributed by atoms with van der Waals surface area (Å²) in [6.07, 6.45) is 1.19. The smallest absolute Gasteiger partial charge is 0.183 e. The molecule has 1 aliphatic rings. The molecule has 0 radical (unpaired) electrons. The molecule has 0 aliphatic carbocycles. The summed E-state index contributed by atoms with van der Waals surface area (Å²) in [5.74, 6) is 0.927. The van der Waals surface area contributed by atoms with Crippen LogP contribution >= 0.6 is 31.9 Å². The van der Waals surface area contributed by atoms with E-state index in [2.05, 4.69) is 55.8 Å². The van der Waals surface area contributed by atoms with Gasteiger partial charge in [-0.2, -0.15) is 0 Å². The summed E-state index contributed by atoms with van der Waals surface area (Å²) in [6.45, 7) is 2.69. The van der Waals surface area contributed by atoms with Gasteiger partial charge in [-0.05, 0) is 58.4 Å². The van der Waals surface area contributed by atoms with Crippen molar-refractivity contribution in [2.24, 2.45) is 5.73 Å². The largest absolute Gasteiger partial charge is 0.451 e. The van der Waals surface area contributed by atoms with Crippen molar-refractivity contribution in [3.8, 4) is 0 Å². The Morgan fingerprint density at radius 1 is 1.56 bits per heavy atom. The molecule has 4 nitrogen and oxygen atoms in total. The second-order valence-corrected chi connectivity index (χ2v) is 6.50. The lowest BCUT2D eigenvalue weighted by molar-refractivity contribution is 0.198. The Balaban J connectivity index is 2.10. The van der Waals surface area contributed by atoms with Gasteiger partial charge in [0.15, 0.2) is 4.67 Å². The van der Waals surface area contributed by atoms with E-state index >= 15 is 0 Å². The molecule has 0 spiro atoms. The summed E-state index contributed by atoms with van der Waals surface area (Å²) in [5.41, 5.74) is 5.92. The molecule has 2 unspecified atom stereocenters. The first-order valence-electron chi connectivity index (χ1n) is 6.08. The molecule has 2 rings (SSSR count). The second-order valence-electron chi connectivity index (χ2n) is 4.92. The van der Waals surface area contributed by atoms with Crippen molar-refractivity contribution < 1.29 is 4.42 Å². The highest BCUT2D eigenvalue weighted by molar-refractivity contribution is 9.13. The van der Waals surface area contributed by atoms with Gasteiger partial charge in [0.05, 0.1) is 10.5 Å². The van der Waals surface area contributed by atoms with E-state index in [0.717, 1.165) is 28.0 Å². The van der Waals surface area contributed by atoms with Gasteiger partial charge in [0.25, 0.3) is 0 Å². The molecule has 2 N–H and O–H groups in total. The third kappa shape index (κ3) is 2.99. The van der Waals surface area contributed by atoms with Crippen LogP contribution in [0.25, 0.3) is 0 Å². The van der Waals surface area contributed by atoms with E-state index < -0.39 is 0 Å². The maximum absolute atomic E-state index is 5.92. The lowest BCUT2D eigenvalue weighted by atomic mass is 10.2. The third-order valence-corrected chi connectivity index (χ3v) is 5.29.